The second-order valence-corrected chi connectivity index (χ2v) is 2.72. The van der Waals surface area contributed by atoms with E-state index in [1.165, 1.54) is 19.3 Å². The number of nitrogens with one attached hydrogen (secondary N) is 1. The molecule has 0 aliphatic carbocycles. The van der Waals surface area contributed by atoms with E-state index in [0.717, 1.165) is 12.8 Å². The van der Waals surface area contributed by atoms with Gasteiger partial charge in [-0.25, -0.2) is 0 Å². The molecule has 1 aliphatic rings. The zero-order chi connectivity index (χ0) is 7.23. The first-order chi connectivity index (χ1) is 4.89. The summed E-state index contributed by atoms with van der Waals surface area (Å²) < 4.78 is 0. The first-order valence-electron chi connectivity index (χ1n) is 4.00. The predicted octanol–water partition coefficient (Wildman–Crippen LogP) is 1.62. The maximum atomic E-state index is 10.8. The van der Waals surface area contributed by atoms with Gasteiger partial charge in [0.15, 0.2) is 0 Å². The molecule has 57 valence electrons. The number of rotatable bonds is 0. The van der Waals surface area contributed by atoms with E-state index in [9.17, 15) is 4.79 Å². The van der Waals surface area contributed by atoms with Gasteiger partial charge in [0.05, 0.1) is 0 Å². The molecule has 0 saturated carbocycles. The van der Waals surface area contributed by atoms with Gasteiger partial charge >= 0.3 is 0 Å². The lowest BCUT2D eigenvalue weighted by molar-refractivity contribution is -0.120. The van der Waals surface area contributed by atoms with Crippen molar-refractivity contribution in [1.29, 1.82) is 0 Å². The molecular weight excluding hydrogens is 126 g/mol. The van der Waals surface area contributed by atoms with E-state index >= 15 is 0 Å². The van der Waals surface area contributed by atoms with E-state index in [2.05, 4.69) is 5.32 Å². The van der Waals surface area contributed by atoms with Crippen LogP contribution in [0.15, 0.2) is 0 Å². The average Bonchev–Trinajstić information content (AvgIpc) is 2.02. The molecule has 0 bridgehead atoms. The van der Waals surface area contributed by atoms with Crippen LogP contribution in [-0.2, 0) is 4.79 Å². The summed E-state index contributed by atoms with van der Waals surface area (Å²) in [5.74, 6) is 0.182. The normalized spacial score (nSPS) is 22.2. The lowest BCUT2D eigenvalue weighted by Gasteiger charge is -1.98. The minimum absolute atomic E-state index is 0.182. The molecule has 1 amide bonds. The van der Waals surface area contributed by atoms with Crippen molar-refractivity contribution in [2.45, 2.75) is 38.5 Å². The summed E-state index contributed by atoms with van der Waals surface area (Å²) in [6, 6.07) is 0. The van der Waals surface area contributed by atoms with Crippen molar-refractivity contribution in [1.82, 2.24) is 5.32 Å². The van der Waals surface area contributed by atoms with Crippen LogP contribution in [0.25, 0.3) is 0 Å². The van der Waals surface area contributed by atoms with Crippen LogP contribution in [0.5, 0.6) is 0 Å². The second kappa shape index (κ2) is 4.31. The summed E-state index contributed by atoms with van der Waals surface area (Å²) in [5, 5.41) is 2.76. The molecule has 2 nitrogen and oxygen atoms in total. The van der Waals surface area contributed by atoms with Gasteiger partial charge in [-0.1, -0.05) is 19.3 Å². The van der Waals surface area contributed by atoms with Crippen LogP contribution < -0.4 is 5.32 Å². The van der Waals surface area contributed by atoms with Crippen molar-refractivity contribution in [3.63, 3.8) is 0 Å². The second-order valence-electron chi connectivity index (χ2n) is 2.72. The molecule has 1 N–H and O–H groups in total. The van der Waals surface area contributed by atoms with Gasteiger partial charge in [-0.2, -0.15) is 0 Å². The Morgan fingerprint density at radius 3 is 2.90 bits per heavy atom. The minimum Gasteiger partial charge on any atom is -0.351 e. The van der Waals surface area contributed by atoms with Crippen molar-refractivity contribution in [3.8, 4) is 0 Å². The molecule has 1 fully saturated rings. The average molecular weight is 140 g/mol. The van der Waals surface area contributed by atoms with Crippen LogP contribution in [0.1, 0.15) is 38.5 Å². The summed E-state index contributed by atoms with van der Waals surface area (Å²) in [7, 11) is 0. The molecule has 0 unspecified atom stereocenters. The fraction of sp³-hybridized carbons (Fsp3) is 0.750. The third-order valence-corrected chi connectivity index (χ3v) is 1.77. The molecule has 1 aliphatic heterocycles. The van der Waals surface area contributed by atoms with Crippen molar-refractivity contribution in [2.75, 3.05) is 0 Å². The highest BCUT2D eigenvalue weighted by Crippen LogP contribution is 2.08. The molecule has 10 heavy (non-hydrogen) atoms. The maximum absolute atomic E-state index is 10.8. The molecule has 1 heterocycles. The van der Waals surface area contributed by atoms with Gasteiger partial charge in [0, 0.05) is 13.0 Å². The predicted molar refractivity (Wildman–Crippen MR) is 40.1 cm³/mol. The van der Waals surface area contributed by atoms with E-state index in [-0.39, 0.29) is 5.91 Å². The Hall–Kier alpha value is -0.530. The maximum Gasteiger partial charge on any atom is 0.220 e. The molecule has 0 spiro atoms. The van der Waals surface area contributed by atoms with E-state index < -0.39 is 0 Å². The largest absolute Gasteiger partial charge is 0.351 e. The van der Waals surface area contributed by atoms with Crippen LogP contribution in [0.3, 0.4) is 0 Å². The lowest BCUT2D eigenvalue weighted by Crippen LogP contribution is -2.19. The van der Waals surface area contributed by atoms with E-state index in [1.54, 1.807) is 0 Å². The molecule has 0 aromatic heterocycles. The summed E-state index contributed by atoms with van der Waals surface area (Å²) in [4.78, 5) is 10.8. The minimum atomic E-state index is 0.182. The Balaban J connectivity index is 2.21. The molecule has 0 aromatic carbocycles. The fourth-order valence-corrected chi connectivity index (χ4v) is 1.14. The van der Waals surface area contributed by atoms with Gasteiger partial charge < -0.3 is 5.32 Å². The topological polar surface area (TPSA) is 29.1 Å². The fourth-order valence-electron chi connectivity index (χ4n) is 1.14. The summed E-state index contributed by atoms with van der Waals surface area (Å²) in [5.41, 5.74) is 0. The van der Waals surface area contributed by atoms with Crippen LogP contribution in [0.4, 0.5) is 0 Å². The zero-order valence-electron chi connectivity index (χ0n) is 6.23. The van der Waals surface area contributed by atoms with Gasteiger partial charge in [0.25, 0.3) is 0 Å². The molecule has 0 atom stereocenters. The Morgan fingerprint density at radius 2 is 2.00 bits per heavy atom. The van der Waals surface area contributed by atoms with Crippen LogP contribution in [0, 0.1) is 6.54 Å². The Bertz CT molecular complexity index is 99.8. The first kappa shape index (κ1) is 7.58. The SMILES string of the molecule is O=C1CCCCCC[CH]N1. The number of carbonyl (C=O) groups excluding carboxylic acids is 1. The molecule has 1 radical (unpaired) electrons. The Kier molecular flexibility index (Phi) is 3.27. The van der Waals surface area contributed by atoms with Gasteiger partial charge in [-0.05, 0) is 12.8 Å². The Morgan fingerprint density at radius 1 is 1.20 bits per heavy atom. The monoisotopic (exact) mass is 140 g/mol. The zero-order valence-corrected chi connectivity index (χ0v) is 6.23. The Labute approximate surface area is 62.0 Å². The number of amides is 1. The summed E-state index contributed by atoms with van der Waals surface area (Å²) >= 11 is 0. The summed E-state index contributed by atoms with van der Waals surface area (Å²) in [6.45, 7) is 1.88. The van der Waals surface area contributed by atoms with Gasteiger partial charge in [0.2, 0.25) is 5.91 Å². The molecule has 1 saturated heterocycles. The van der Waals surface area contributed by atoms with Gasteiger partial charge in [-0.15, -0.1) is 0 Å². The number of hydrogen-bond donors (Lipinski definition) is 1. The number of hydrogen-bond acceptors (Lipinski definition) is 1. The molecular formula is C8H14NO. The highest BCUT2D eigenvalue weighted by Gasteiger charge is 2.02. The molecule has 1 rings (SSSR count). The highest BCUT2D eigenvalue weighted by molar-refractivity contribution is 5.76. The van der Waals surface area contributed by atoms with Gasteiger partial charge in [0.1, 0.15) is 0 Å². The lowest BCUT2D eigenvalue weighted by atomic mass is 10.1. The van der Waals surface area contributed by atoms with E-state index in [1.807, 2.05) is 6.54 Å². The third-order valence-electron chi connectivity index (χ3n) is 1.77. The van der Waals surface area contributed by atoms with E-state index in [0.29, 0.717) is 6.42 Å². The molecule has 2 heteroatoms. The highest BCUT2D eigenvalue weighted by atomic mass is 16.1. The van der Waals surface area contributed by atoms with Crippen molar-refractivity contribution in [3.05, 3.63) is 6.54 Å². The first-order valence-corrected chi connectivity index (χ1v) is 4.00. The van der Waals surface area contributed by atoms with Crippen LogP contribution in [-0.4, -0.2) is 5.91 Å². The smallest absolute Gasteiger partial charge is 0.220 e. The van der Waals surface area contributed by atoms with Crippen molar-refractivity contribution in [2.24, 2.45) is 0 Å². The summed E-state index contributed by atoms with van der Waals surface area (Å²) in [6.07, 6.45) is 6.49. The van der Waals surface area contributed by atoms with E-state index in [4.69, 9.17) is 0 Å². The van der Waals surface area contributed by atoms with Crippen LogP contribution >= 0.6 is 0 Å². The third kappa shape index (κ3) is 2.85. The van der Waals surface area contributed by atoms with Crippen molar-refractivity contribution >= 4 is 5.91 Å². The molecule has 0 aromatic rings. The standard InChI is InChI=1S/C8H14NO/c10-8-6-4-2-1-3-5-7-9-8/h7H,1-6H2,(H,9,10). The van der Waals surface area contributed by atoms with Gasteiger partial charge in [-0.3, -0.25) is 4.79 Å². The van der Waals surface area contributed by atoms with Crippen molar-refractivity contribution < 1.29 is 4.79 Å². The quantitative estimate of drug-likeness (QED) is 0.544. The number of carbonyl (C=O) groups is 1. The van der Waals surface area contributed by atoms with Crippen LogP contribution in [0.2, 0.25) is 0 Å².